The highest BCUT2D eigenvalue weighted by atomic mass is 32.2. The van der Waals surface area contributed by atoms with Gasteiger partial charge in [0.25, 0.3) is 0 Å². The van der Waals surface area contributed by atoms with Gasteiger partial charge in [0.1, 0.15) is 12.4 Å². The van der Waals surface area contributed by atoms with E-state index < -0.39 is 9.84 Å². The van der Waals surface area contributed by atoms with E-state index in [0.717, 1.165) is 40.3 Å². The van der Waals surface area contributed by atoms with Gasteiger partial charge in [-0.15, -0.1) is 0 Å². The number of hydrogen-bond donors (Lipinski definition) is 1. The van der Waals surface area contributed by atoms with E-state index in [1.165, 1.54) is 0 Å². The quantitative estimate of drug-likeness (QED) is 0.149. The van der Waals surface area contributed by atoms with Crippen LogP contribution in [0.2, 0.25) is 0 Å². The molecule has 11 heteroatoms. The minimum atomic E-state index is -3.24. The molecule has 0 spiro atoms. The maximum Gasteiger partial charge on any atom is 0.410 e. The van der Waals surface area contributed by atoms with Crippen LogP contribution in [0.1, 0.15) is 49.8 Å². The Labute approximate surface area is 287 Å². The number of hydrogen-bond acceptors (Lipinski definition) is 9. The average molecular weight is 680 g/mol. The number of ether oxygens (including phenoxy) is 2. The number of sulfone groups is 1. The highest BCUT2D eigenvalue weighted by Gasteiger charge is 2.30. The number of carbonyl (C=O) groups excluding carboxylic acids is 1. The predicted molar refractivity (Wildman–Crippen MR) is 191 cm³/mol. The van der Waals surface area contributed by atoms with Crippen molar-refractivity contribution in [2.45, 2.75) is 64.5 Å². The number of piperidine rings is 1. The lowest BCUT2D eigenvalue weighted by Gasteiger charge is -2.37. The van der Waals surface area contributed by atoms with E-state index in [1.54, 1.807) is 23.4 Å². The molecule has 6 rings (SSSR count). The van der Waals surface area contributed by atoms with Crippen molar-refractivity contribution < 1.29 is 22.7 Å². The van der Waals surface area contributed by atoms with Crippen LogP contribution in [0.15, 0.2) is 91.3 Å². The predicted octanol–water partition coefficient (Wildman–Crippen LogP) is 7.72. The third-order valence-corrected chi connectivity index (χ3v) is 10.5. The minimum absolute atomic E-state index is 0.0290. The van der Waals surface area contributed by atoms with Gasteiger partial charge in [-0.05, 0) is 73.4 Å². The van der Waals surface area contributed by atoms with Crippen molar-refractivity contribution in [3.05, 3.63) is 108 Å². The van der Waals surface area contributed by atoms with Gasteiger partial charge < -0.3 is 19.7 Å². The van der Waals surface area contributed by atoms with E-state index in [1.807, 2.05) is 93.6 Å². The first-order valence-electron chi connectivity index (χ1n) is 16.6. The molecule has 1 aliphatic heterocycles. The number of rotatable bonds is 11. The van der Waals surface area contributed by atoms with Crippen LogP contribution < -0.4 is 10.1 Å². The molecule has 1 saturated heterocycles. The molecule has 254 valence electrons. The van der Waals surface area contributed by atoms with E-state index in [-0.39, 0.29) is 36.3 Å². The number of anilines is 1. The molecule has 2 atom stereocenters. The van der Waals surface area contributed by atoms with Gasteiger partial charge in [0.05, 0.1) is 22.8 Å². The number of amides is 1. The first kappa shape index (κ1) is 33.9. The summed E-state index contributed by atoms with van der Waals surface area (Å²) in [4.78, 5) is 28.6. The lowest BCUT2D eigenvalue weighted by Crippen LogP contribution is -2.50. The van der Waals surface area contributed by atoms with Crippen LogP contribution in [0.3, 0.4) is 0 Å². The summed E-state index contributed by atoms with van der Waals surface area (Å²) in [6, 6.07) is 24.7. The second kappa shape index (κ2) is 15.0. The maximum absolute atomic E-state index is 13.0. The number of likely N-dealkylation sites (tertiary alicyclic amines) is 1. The van der Waals surface area contributed by atoms with Gasteiger partial charge in [-0.2, -0.15) is 0 Å². The van der Waals surface area contributed by atoms with Gasteiger partial charge in [0, 0.05) is 36.4 Å². The molecule has 1 aliphatic rings. The van der Waals surface area contributed by atoms with Crippen molar-refractivity contribution in [2.24, 2.45) is 0 Å². The summed E-state index contributed by atoms with van der Waals surface area (Å²) in [5, 5.41) is 5.06. The average Bonchev–Trinajstić information content (AvgIpc) is 3.10. The molecule has 0 saturated carbocycles. The first-order chi connectivity index (χ1) is 23.7. The topological polar surface area (TPSA) is 124 Å². The number of aryl methyl sites for hydroxylation is 1. The van der Waals surface area contributed by atoms with E-state index in [9.17, 15) is 13.2 Å². The number of carbonyl (C=O) groups is 1. The monoisotopic (exact) mass is 679 g/mol. The van der Waals surface area contributed by atoms with Crippen molar-refractivity contribution in [2.75, 3.05) is 17.6 Å². The number of nitrogens with one attached hydrogen (secondary N) is 1. The smallest absolute Gasteiger partial charge is 0.410 e. The standard InChI is InChI=1S/C38H41N5O5S/c1-4-22-49(45,46)25-29-12-8-13-32-31(29)18-15-26(2)35(32)48-36-33(14-9-20-39-36)34-19-21-40-37(42-34)41-30-17-16-27(3)43(23-30)38(44)47-24-28-10-6-5-7-11-28/h5-15,18-21,27,30H,4,16-17,22-25H2,1-3H3,(H,40,41,42). The van der Waals surface area contributed by atoms with Crippen molar-refractivity contribution in [3.63, 3.8) is 0 Å². The van der Waals surface area contributed by atoms with E-state index >= 15 is 0 Å². The molecule has 0 radical (unpaired) electrons. The highest BCUT2D eigenvalue weighted by Crippen LogP contribution is 2.38. The number of nitrogens with zero attached hydrogens (tertiary/aromatic N) is 4. The molecule has 1 amide bonds. The molecule has 1 fully saturated rings. The molecule has 3 aromatic carbocycles. The van der Waals surface area contributed by atoms with Gasteiger partial charge in [0.15, 0.2) is 9.84 Å². The van der Waals surface area contributed by atoms with Gasteiger partial charge in [0.2, 0.25) is 11.8 Å². The van der Waals surface area contributed by atoms with Crippen molar-refractivity contribution in [1.29, 1.82) is 0 Å². The Hall–Kier alpha value is -5.03. The Balaban J connectivity index is 1.20. The second-order valence-corrected chi connectivity index (χ2v) is 14.7. The molecule has 2 aromatic heterocycles. The fourth-order valence-corrected chi connectivity index (χ4v) is 7.68. The zero-order chi connectivity index (χ0) is 34.4. The summed E-state index contributed by atoms with van der Waals surface area (Å²) in [6.07, 6.45) is 5.25. The molecule has 0 aliphatic carbocycles. The highest BCUT2D eigenvalue weighted by molar-refractivity contribution is 7.90. The van der Waals surface area contributed by atoms with Crippen LogP contribution in [0.25, 0.3) is 22.0 Å². The van der Waals surface area contributed by atoms with E-state index in [0.29, 0.717) is 41.8 Å². The number of aromatic nitrogens is 3. The van der Waals surface area contributed by atoms with Gasteiger partial charge in [-0.1, -0.05) is 67.6 Å². The number of fused-ring (bicyclic) bond motifs is 1. The van der Waals surface area contributed by atoms with Crippen LogP contribution in [0.5, 0.6) is 11.6 Å². The summed E-state index contributed by atoms with van der Waals surface area (Å²) < 4.78 is 37.6. The minimum Gasteiger partial charge on any atom is -0.445 e. The largest absolute Gasteiger partial charge is 0.445 e. The molecule has 5 aromatic rings. The third-order valence-electron chi connectivity index (χ3n) is 8.75. The second-order valence-electron chi connectivity index (χ2n) is 12.5. The SMILES string of the molecule is CCCS(=O)(=O)Cc1cccc2c(Oc3ncccc3-c3ccnc(NC4CCC(C)N(C(=O)OCc5ccccc5)C4)n3)c(C)ccc12. The molecule has 3 heterocycles. The molecule has 1 N–H and O–H groups in total. The van der Waals surface area contributed by atoms with Crippen LogP contribution in [0.4, 0.5) is 10.7 Å². The van der Waals surface area contributed by atoms with Crippen LogP contribution in [-0.2, 0) is 26.9 Å². The lowest BCUT2D eigenvalue weighted by atomic mass is 10.00. The summed E-state index contributed by atoms with van der Waals surface area (Å²) >= 11 is 0. The maximum atomic E-state index is 13.0. The Morgan fingerprint density at radius 2 is 1.78 bits per heavy atom. The third kappa shape index (κ3) is 8.17. The number of benzene rings is 3. The van der Waals surface area contributed by atoms with Gasteiger partial charge >= 0.3 is 6.09 Å². The van der Waals surface area contributed by atoms with Crippen LogP contribution in [0, 0.1) is 6.92 Å². The Morgan fingerprint density at radius 3 is 2.59 bits per heavy atom. The first-order valence-corrected chi connectivity index (χ1v) is 18.4. The Morgan fingerprint density at radius 1 is 0.939 bits per heavy atom. The van der Waals surface area contributed by atoms with Gasteiger partial charge in [-0.3, -0.25) is 0 Å². The fraction of sp³-hybridized carbons (Fsp3) is 0.316. The molecule has 0 bridgehead atoms. The van der Waals surface area contributed by atoms with E-state index in [4.69, 9.17) is 14.5 Å². The zero-order valence-corrected chi connectivity index (χ0v) is 28.8. The Kier molecular flexibility index (Phi) is 10.4. The summed E-state index contributed by atoms with van der Waals surface area (Å²) in [7, 11) is -3.24. The Bertz CT molecular complexity index is 2040. The summed E-state index contributed by atoms with van der Waals surface area (Å²) in [5.74, 6) is 1.52. The zero-order valence-electron chi connectivity index (χ0n) is 28.0. The number of pyridine rings is 1. The molecule has 49 heavy (non-hydrogen) atoms. The fourth-order valence-electron chi connectivity index (χ4n) is 6.19. The summed E-state index contributed by atoms with van der Waals surface area (Å²) in [5.41, 5.74) is 3.87. The summed E-state index contributed by atoms with van der Waals surface area (Å²) in [6.45, 7) is 6.55. The lowest BCUT2D eigenvalue weighted by molar-refractivity contribution is 0.0695. The van der Waals surface area contributed by atoms with Crippen LogP contribution in [-0.4, -0.2) is 58.7 Å². The van der Waals surface area contributed by atoms with Crippen molar-refractivity contribution >= 4 is 32.7 Å². The van der Waals surface area contributed by atoms with Crippen molar-refractivity contribution in [3.8, 4) is 22.9 Å². The normalized spacial score (nSPS) is 16.3. The molecule has 10 nitrogen and oxygen atoms in total. The van der Waals surface area contributed by atoms with Crippen molar-refractivity contribution in [1.82, 2.24) is 19.9 Å². The molecular formula is C38H41N5O5S. The van der Waals surface area contributed by atoms with Gasteiger partial charge in [-0.25, -0.2) is 28.2 Å². The molecular weight excluding hydrogens is 639 g/mol. The van der Waals surface area contributed by atoms with Crippen LogP contribution >= 0.6 is 0 Å². The molecule has 2 unspecified atom stereocenters. The van der Waals surface area contributed by atoms with E-state index in [2.05, 4.69) is 15.3 Å².